The molecule has 0 aliphatic heterocycles. The quantitative estimate of drug-likeness (QED) is 0.749. The molecule has 0 unspecified atom stereocenters. The van der Waals surface area contributed by atoms with Crippen molar-refractivity contribution in [3.63, 3.8) is 0 Å². The number of carbonyl (C=O) groups is 1. The minimum atomic E-state index is -1.25. The standard InChI is InChI=1S/C15H16N2O2/c1-5-9-17(10-6-2)14-8-7-13(11-12(14)3)16(4)15(18)19/h1-2,7-8,11H,9-10H2,3-4H3,(H,18,19)/p-1. The van der Waals surface area contributed by atoms with Gasteiger partial charge in [-0.2, -0.15) is 0 Å². The van der Waals surface area contributed by atoms with Crippen LogP contribution in [0.2, 0.25) is 0 Å². The van der Waals surface area contributed by atoms with Crippen LogP contribution < -0.4 is 14.9 Å². The summed E-state index contributed by atoms with van der Waals surface area (Å²) in [6.07, 6.45) is 9.37. The maximum Gasteiger partial charge on any atom is 0.141 e. The number of aryl methyl sites for hydroxylation is 1. The average Bonchev–Trinajstić information content (AvgIpc) is 2.37. The molecule has 0 saturated heterocycles. The van der Waals surface area contributed by atoms with E-state index in [1.165, 1.54) is 7.05 Å². The maximum absolute atomic E-state index is 10.8. The van der Waals surface area contributed by atoms with Crippen molar-refractivity contribution in [3.8, 4) is 24.7 Å². The van der Waals surface area contributed by atoms with E-state index in [2.05, 4.69) is 11.8 Å². The summed E-state index contributed by atoms with van der Waals surface area (Å²) in [7, 11) is 1.43. The molecule has 0 bridgehead atoms. The molecular formula is C15H15N2O2-. The highest BCUT2D eigenvalue weighted by molar-refractivity contribution is 5.84. The van der Waals surface area contributed by atoms with E-state index >= 15 is 0 Å². The molecule has 0 spiro atoms. The second-order valence-electron chi connectivity index (χ2n) is 4.06. The monoisotopic (exact) mass is 255 g/mol. The Balaban J connectivity index is 3.09. The van der Waals surface area contributed by atoms with Crippen LogP contribution in [-0.2, 0) is 0 Å². The number of carbonyl (C=O) groups excluding carboxylic acids is 1. The summed E-state index contributed by atoms with van der Waals surface area (Å²) >= 11 is 0. The lowest BCUT2D eigenvalue weighted by Gasteiger charge is -2.25. The number of terminal acetylenes is 2. The summed E-state index contributed by atoms with van der Waals surface area (Å²) in [5.41, 5.74) is 2.34. The number of hydrogen-bond donors (Lipinski definition) is 0. The van der Waals surface area contributed by atoms with Gasteiger partial charge in [0.15, 0.2) is 0 Å². The van der Waals surface area contributed by atoms with Crippen molar-refractivity contribution in [3.05, 3.63) is 23.8 Å². The van der Waals surface area contributed by atoms with E-state index < -0.39 is 6.09 Å². The van der Waals surface area contributed by atoms with Crippen LogP contribution in [0.3, 0.4) is 0 Å². The first-order chi connectivity index (χ1) is 9.01. The highest BCUT2D eigenvalue weighted by atomic mass is 16.4. The molecule has 0 atom stereocenters. The molecule has 1 amide bonds. The fourth-order valence-electron chi connectivity index (χ4n) is 1.76. The molecule has 98 valence electrons. The first-order valence-corrected chi connectivity index (χ1v) is 5.68. The highest BCUT2D eigenvalue weighted by Gasteiger charge is 2.09. The van der Waals surface area contributed by atoms with Crippen LogP contribution in [0.15, 0.2) is 18.2 Å². The molecule has 0 N–H and O–H groups in total. The fraction of sp³-hybridized carbons (Fsp3) is 0.267. The van der Waals surface area contributed by atoms with Gasteiger partial charge >= 0.3 is 0 Å². The molecule has 4 heteroatoms. The molecule has 1 aromatic carbocycles. The van der Waals surface area contributed by atoms with Crippen molar-refractivity contribution < 1.29 is 9.90 Å². The van der Waals surface area contributed by atoms with Crippen LogP contribution in [0.1, 0.15) is 5.56 Å². The predicted molar refractivity (Wildman–Crippen MR) is 74.9 cm³/mol. The molecule has 0 fully saturated rings. The first kappa shape index (κ1) is 14.5. The number of carboxylic acid groups (broad SMARTS) is 1. The number of benzene rings is 1. The molecule has 0 aliphatic carbocycles. The summed E-state index contributed by atoms with van der Waals surface area (Å²) < 4.78 is 0. The van der Waals surface area contributed by atoms with Gasteiger partial charge < -0.3 is 19.7 Å². The van der Waals surface area contributed by atoms with Crippen molar-refractivity contribution >= 4 is 17.5 Å². The van der Waals surface area contributed by atoms with Gasteiger partial charge in [-0.05, 0) is 30.7 Å². The van der Waals surface area contributed by atoms with Gasteiger partial charge in [0.05, 0.1) is 13.1 Å². The van der Waals surface area contributed by atoms with Crippen molar-refractivity contribution in [2.75, 3.05) is 29.9 Å². The lowest BCUT2D eigenvalue weighted by molar-refractivity contribution is -0.246. The summed E-state index contributed by atoms with van der Waals surface area (Å²) in [4.78, 5) is 13.7. The smallest absolute Gasteiger partial charge is 0.141 e. The molecular weight excluding hydrogens is 240 g/mol. The highest BCUT2D eigenvalue weighted by Crippen LogP contribution is 2.24. The minimum Gasteiger partial charge on any atom is -0.530 e. The summed E-state index contributed by atoms with van der Waals surface area (Å²) in [6.45, 7) is 2.68. The Hall–Kier alpha value is -2.59. The lowest BCUT2D eigenvalue weighted by Crippen LogP contribution is -2.38. The lowest BCUT2D eigenvalue weighted by atomic mass is 10.1. The molecule has 4 nitrogen and oxygen atoms in total. The average molecular weight is 255 g/mol. The Labute approximate surface area is 113 Å². The summed E-state index contributed by atoms with van der Waals surface area (Å²) in [5.74, 6) is 5.10. The van der Waals surface area contributed by atoms with Gasteiger partial charge in [-0.1, -0.05) is 11.8 Å². The Morgan fingerprint density at radius 2 is 1.89 bits per heavy atom. The Morgan fingerprint density at radius 3 is 2.32 bits per heavy atom. The van der Waals surface area contributed by atoms with E-state index in [4.69, 9.17) is 12.8 Å². The van der Waals surface area contributed by atoms with E-state index in [1.807, 2.05) is 11.8 Å². The molecule has 0 saturated carbocycles. The second-order valence-corrected chi connectivity index (χ2v) is 4.06. The zero-order valence-corrected chi connectivity index (χ0v) is 11.0. The van der Waals surface area contributed by atoms with E-state index in [-0.39, 0.29) is 0 Å². The number of anilines is 2. The maximum atomic E-state index is 10.8. The number of rotatable bonds is 4. The third-order valence-corrected chi connectivity index (χ3v) is 2.75. The van der Waals surface area contributed by atoms with E-state index in [0.717, 1.165) is 16.2 Å². The topological polar surface area (TPSA) is 46.6 Å². The van der Waals surface area contributed by atoms with Crippen LogP contribution in [0.4, 0.5) is 16.2 Å². The number of amides is 1. The van der Waals surface area contributed by atoms with Crippen molar-refractivity contribution in [2.24, 2.45) is 0 Å². The van der Waals surface area contributed by atoms with E-state index in [1.54, 1.807) is 18.2 Å². The van der Waals surface area contributed by atoms with Gasteiger partial charge in [-0.3, -0.25) is 0 Å². The molecule has 0 aromatic heterocycles. The van der Waals surface area contributed by atoms with Crippen LogP contribution in [0.25, 0.3) is 0 Å². The third kappa shape index (κ3) is 3.43. The zero-order chi connectivity index (χ0) is 14.4. The molecule has 19 heavy (non-hydrogen) atoms. The Kier molecular flexibility index (Phi) is 4.85. The van der Waals surface area contributed by atoms with Crippen molar-refractivity contribution in [1.82, 2.24) is 0 Å². The molecule has 0 aliphatic rings. The second kappa shape index (κ2) is 6.37. The summed E-state index contributed by atoms with van der Waals surface area (Å²) in [6, 6.07) is 5.25. The molecule has 0 heterocycles. The van der Waals surface area contributed by atoms with E-state index in [0.29, 0.717) is 18.8 Å². The van der Waals surface area contributed by atoms with Crippen molar-refractivity contribution in [2.45, 2.75) is 6.92 Å². The minimum absolute atomic E-state index is 0.403. The van der Waals surface area contributed by atoms with Gasteiger partial charge in [-0.15, -0.1) is 12.8 Å². The zero-order valence-electron chi connectivity index (χ0n) is 11.0. The third-order valence-electron chi connectivity index (χ3n) is 2.75. The van der Waals surface area contributed by atoms with Crippen LogP contribution in [0, 0.1) is 31.6 Å². The number of nitrogens with zero attached hydrogens (tertiary/aromatic N) is 2. The fourth-order valence-corrected chi connectivity index (χ4v) is 1.76. The Bertz CT molecular complexity index is 536. The Morgan fingerprint density at radius 1 is 1.32 bits per heavy atom. The SMILES string of the molecule is C#CCN(CC#C)c1ccc(N(C)C(=O)[O-])cc1C. The molecule has 0 radical (unpaired) electrons. The van der Waals surface area contributed by atoms with E-state index in [9.17, 15) is 9.90 Å². The van der Waals surface area contributed by atoms with Gasteiger partial charge in [0.25, 0.3) is 0 Å². The van der Waals surface area contributed by atoms with Gasteiger partial charge in [0.1, 0.15) is 6.09 Å². The first-order valence-electron chi connectivity index (χ1n) is 5.68. The molecule has 1 aromatic rings. The van der Waals surface area contributed by atoms with Crippen LogP contribution >= 0.6 is 0 Å². The van der Waals surface area contributed by atoms with Crippen LogP contribution in [0.5, 0.6) is 0 Å². The van der Waals surface area contributed by atoms with Crippen molar-refractivity contribution in [1.29, 1.82) is 0 Å². The van der Waals surface area contributed by atoms with Gasteiger partial charge in [0.2, 0.25) is 0 Å². The summed E-state index contributed by atoms with van der Waals surface area (Å²) in [5, 5.41) is 10.8. The van der Waals surface area contributed by atoms with Gasteiger partial charge in [0, 0.05) is 18.4 Å². The normalized spacial score (nSPS) is 9.26. The molecule has 1 rings (SSSR count). The van der Waals surface area contributed by atoms with Crippen LogP contribution in [-0.4, -0.2) is 26.2 Å². The largest absolute Gasteiger partial charge is 0.530 e. The van der Waals surface area contributed by atoms with Gasteiger partial charge in [-0.25, -0.2) is 0 Å². The predicted octanol–water partition coefficient (Wildman–Crippen LogP) is 0.847. The number of hydrogen-bond acceptors (Lipinski definition) is 3.